The number of nitrogens with zero attached hydrogens (tertiary/aromatic N) is 2. The van der Waals surface area contributed by atoms with Gasteiger partial charge in [-0.3, -0.25) is 9.48 Å². The smallest absolute Gasteiger partial charge is 0.251 e. The summed E-state index contributed by atoms with van der Waals surface area (Å²) in [5.74, 6) is -0.757. The quantitative estimate of drug-likeness (QED) is 0.896. The molecule has 5 nitrogen and oxygen atoms in total. The number of hydrogen-bond donors (Lipinski definition) is 2. The first-order valence-electron chi connectivity index (χ1n) is 6.26. The van der Waals surface area contributed by atoms with Gasteiger partial charge < -0.3 is 10.6 Å². The van der Waals surface area contributed by atoms with E-state index in [1.165, 1.54) is 6.07 Å². The zero-order valence-corrected chi connectivity index (χ0v) is 11.7. The molecule has 0 aliphatic carbocycles. The van der Waals surface area contributed by atoms with Crippen molar-refractivity contribution in [3.63, 3.8) is 0 Å². The van der Waals surface area contributed by atoms with Gasteiger partial charge in [-0.2, -0.15) is 5.10 Å². The number of aromatic nitrogens is 2. The molecule has 2 rings (SSSR count). The summed E-state index contributed by atoms with van der Waals surface area (Å²) in [5, 5.41) is 9.57. The normalized spacial score (nSPS) is 10.4. The predicted molar refractivity (Wildman–Crippen MR) is 75.1 cm³/mol. The van der Waals surface area contributed by atoms with Gasteiger partial charge in [0.05, 0.1) is 11.9 Å². The lowest BCUT2D eigenvalue weighted by Crippen LogP contribution is -2.23. The number of benzene rings is 1. The summed E-state index contributed by atoms with van der Waals surface area (Å²) >= 11 is 0. The summed E-state index contributed by atoms with van der Waals surface area (Å²) in [5.41, 5.74) is 2.59. The highest BCUT2D eigenvalue weighted by molar-refractivity contribution is 5.94. The van der Waals surface area contributed by atoms with Crippen molar-refractivity contribution in [1.82, 2.24) is 15.1 Å². The molecule has 0 fully saturated rings. The van der Waals surface area contributed by atoms with Crippen LogP contribution in [0.5, 0.6) is 0 Å². The summed E-state index contributed by atoms with van der Waals surface area (Å²) in [6.07, 6.45) is 1.71. The van der Waals surface area contributed by atoms with Gasteiger partial charge in [-0.1, -0.05) is 0 Å². The third-order valence-electron chi connectivity index (χ3n) is 3.28. The van der Waals surface area contributed by atoms with Crippen molar-refractivity contribution in [2.24, 2.45) is 7.05 Å². The second-order valence-electron chi connectivity index (χ2n) is 4.51. The Balaban J connectivity index is 2.05. The van der Waals surface area contributed by atoms with Gasteiger partial charge in [0.2, 0.25) is 0 Å². The van der Waals surface area contributed by atoms with Gasteiger partial charge in [0.1, 0.15) is 5.82 Å². The molecule has 1 amide bonds. The van der Waals surface area contributed by atoms with Crippen molar-refractivity contribution in [3.8, 4) is 0 Å². The molecule has 0 unspecified atom stereocenters. The molecule has 2 N–H and O–H groups in total. The van der Waals surface area contributed by atoms with Gasteiger partial charge in [-0.15, -0.1) is 0 Å². The van der Waals surface area contributed by atoms with Crippen LogP contribution in [0.4, 0.5) is 10.1 Å². The van der Waals surface area contributed by atoms with Crippen molar-refractivity contribution in [2.75, 3.05) is 12.4 Å². The van der Waals surface area contributed by atoms with Gasteiger partial charge in [0.25, 0.3) is 5.91 Å². The number of carbonyl (C=O) groups is 1. The van der Waals surface area contributed by atoms with Crippen LogP contribution in [0, 0.1) is 12.7 Å². The molecule has 2 aromatic rings. The van der Waals surface area contributed by atoms with E-state index in [2.05, 4.69) is 15.7 Å². The summed E-state index contributed by atoms with van der Waals surface area (Å²) in [6.45, 7) is 2.30. The van der Waals surface area contributed by atoms with Gasteiger partial charge in [0.15, 0.2) is 0 Å². The Bertz CT molecular complexity index is 636. The summed E-state index contributed by atoms with van der Waals surface area (Å²) in [6, 6.07) is 4.34. The van der Waals surface area contributed by atoms with Crippen LogP contribution >= 0.6 is 0 Å². The Kier molecular flexibility index (Phi) is 4.02. The van der Waals surface area contributed by atoms with Crippen molar-refractivity contribution in [3.05, 3.63) is 47.0 Å². The van der Waals surface area contributed by atoms with Crippen molar-refractivity contribution in [1.29, 1.82) is 0 Å². The Morgan fingerprint density at radius 2 is 2.20 bits per heavy atom. The minimum absolute atomic E-state index is 0.294. The van der Waals surface area contributed by atoms with Crippen LogP contribution < -0.4 is 10.6 Å². The molecule has 0 aliphatic heterocycles. The van der Waals surface area contributed by atoms with Crippen LogP contribution in [-0.4, -0.2) is 22.7 Å². The van der Waals surface area contributed by atoms with E-state index in [1.807, 2.05) is 14.0 Å². The number of aryl methyl sites for hydroxylation is 1. The summed E-state index contributed by atoms with van der Waals surface area (Å²) < 4.78 is 15.3. The molecular weight excluding hydrogens is 259 g/mol. The minimum atomic E-state index is -0.447. The standard InChI is InChI=1S/C14H17FN4O/c1-9-11(8-18-19(9)3)7-17-14(20)10-4-5-13(16-2)12(15)6-10/h4-6,8,16H,7H2,1-3H3,(H,17,20). The number of anilines is 1. The average molecular weight is 276 g/mol. The number of amides is 1. The average Bonchev–Trinajstić information content (AvgIpc) is 2.76. The molecule has 0 spiro atoms. The van der Waals surface area contributed by atoms with Crippen LogP contribution in [0.3, 0.4) is 0 Å². The van der Waals surface area contributed by atoms with Crippen LogP contribution in [-0.2, 0) is 13.6 Å². The molecule has 0 saturated carbocycles. The van der Waals surface area contributed by atoms with E-state index >= 15 is 0 Å². The van der Waals surface area contributed by atoms with Gasteiger partial charge in [-0.25, -0.2) is 4.39 Å². The van der Waals surface area contributed by atoms with Crippen LogP contribution in [0.25, 0.3) is 0 Å². The van der Waals surface area contributed by atoms with Gasteiger partial charge >= 0.3 is 0 Å². The number of rotatable bonds is 4. The maximum atomic E-state index is 13.6. The van der Waals surface area contributed by atoms with Gasteiger partial charge in [0, 0.05) is 37.5 Å². The molecule has 1 aromatic heterocycles. The fourth-order valence-corrected chi connectivity index (χ4v) is 1.85. The largest absolute Gasteiger partial charge is 0.386 e. The van der Waals surface area contributed by atoms with Crippen molar-refractivity contribution in [2.45, 2.75) is 13.5 Å². The van der Waals surface area contributed by atoms with E-state index in [4.69, 9.17) is 0 Å². The summed E-state index contributed by atoms with van der Waals surface area (Å²) in [7, 11) is 3.47. The topological polar surface area (TPSA) is 59.0 Å². The number of halogens is 1. The first-order valence-corrected chi connectivity index (χ1v) is 6.26. The fraction of sp³-hybridized carbons (Fsp3) is 0.286. The van der Waals surface area contributed by atoms with Gasteiger partial charge in [-0.05, 0) is 25.1 Å². The van der Waals surface area contributed by atoms with E-state index in [1.54, 1.807) is 30.1 Å². The lowest BCUT2D eigenvalue weighted by molar-refractivity contribution is 0.0950. The van der Waals surface area contributed by atoms with Crippen molar-refractivity contribution >= 4 is 11.6 Å². The van der Waals surface area contributed by atoms with E-state index in [0.717, 1.165) is 11.3 Å². The van der Waals surface area contributed by atoms with E-state index < -0.39 is 5.82 Å². The maximum Gasteiger partial charge on any atom is 0.251 e. The zero-order valence-electron chi connectivity index (χ0n) is 11.7. The Morgan fingerprint density at radius 1 is 1.45 bits per heavy atom. The molecule has 1 aromatic carbocycles. The SMILES string of the molecule is CNc1ccc(C(=O)NCc2cnn(C)c2C)cc1F. The van der Waals surface area contributed by atoms with Crippen LogP contribution in [0.15, 0.2) is 24.4 Å². The zero-order chi connectivity index (χ0) is 14.7. The van der Waals surface area contributed by atoms with Crippen LogP contribution in [0.2, 0.25) is 0 Å². The Hall–Kier alpha value is -2.37. The second-order valence-corrected chi connectivity index (χ2v) is 4.51. The molecule has 20 heavy (non-hydrogen) atoms. The third kappa shape index (κ3) is 2.79. The molecule has 106 valence electrons. The highest BCUT2D eigenvalue weighted by Crippen LogP contribution is 2.15. The first-order chi connectivity index (χ1) is 9.52. The van der Waals surface area contributed by atoms with E-state index in [9.17, 15) is 9.18 Å². The lowest BCUT2D eigenvalue weighted by Gasteiger charge is -2.07. The number of carbonyl (C=O) groups excluding carboxylic acids is 1. The molecule has 0 aliphatic rings. The first kappa shape index (κ1) is 14.0. The molecular formula is C14H17FN4O. The Labute approximate surface area is 116 Å². The predicted octanol–water partition coefficient (Wildman–Crippen LogP) is 1.84. The number of hydrogen-bond acceptors (Lipinski definition) is 3. The highest BCUT2D eigenvalue weighted by Gasteiger charge is 2.10. The van der Waals surface area contributed by atoms with E-state index in [0.29, 0.717) is 17.8 Å². The summed E-state index contributed by atoms with van der Waals surface area (Å²) in [4.78, 5) is 12.0. The third-order valence-corrected chi connectivity index (χ3v) is 3.28. The maximum absolute atomic E-state index is 13.6. The van der Waals surface area contributed by atoms with E-state index in [-0.39, 0.29) is 5.91 Å². The van der Waals surface area contributed by atoms with Crippen molar-refractivity contribution < 1.29 is 9.18 Å². The highest BCUT2D eigenvalue weighted by atomic mass is 19.1. The molecule has 0 bridgehead atoms. The molecule has 0 atom stereocenters. The Morgan fingerprint density at radius 3 is 2.75 bits per heavy atom. The molecule has 0 saturated heterocycles. The molecule has 6 heteroatoms. The molecule has 1 heterocycles. The monoisotopic (exact) mass is 276 g/mol. The minimum Gasteiger partial charge on any atom is -0.386 e. The molecule has 0 radical (unpaired) electrons. The second kappa shape index (κ2) is 5.73. The fourth-order valence-electron chi connectivity index (χ4n) is 1.85. The van der Waals surface area contributed by atoms with Crippen LogP contribution in [0.1, 0.15) is 21.6 Å². The lowest BCUT2D eigenvalue weighted by atomic mass is 10.1. The number of nitrogens with one attached hydrogen (secondary N) is 2.